The first-order chi connectivity index (χ1) is 9.06. The Morgan fingerprint density at radius 1 is 1.32 bits per heavy atom. The lowest BCUT2D eigenvalue weighted by Crippen LogP contribution is -2.49. The van der Waals surface area contributed by atoms with Crippen LogP contribution in [0.15, 0.2) is 24.3 Å². The summed E-state index contributed by atoms with van der Waals surface area (Å²) in [5.41, 5.74) is 1.21. The van der Waals surface area contributed by atoms with Gasteiger partial charge in [-0.05, 0) is 31.2 Å². The maximum atomic E-state index is 11.9. The van der Waals surface area contributed by atoms with Crippen molar-refractivity contribution < 1.29 is 14.4 Å². The third-order valence-corrected chi connectivity index (χ3v) is 3.76. The number of amides is 2. The molecular weight excluding hydrogens is 264 g/mol. The number of thioether (sulfide) groups is 1. The predicted octanol–water partition coefficient (Wildman–Crippen LogP) is 1.06. The normalized spacial score (nSPS) is 18.6. The van der Waals surface area contributed by atoms with Crippen molar-refractivity contribution in [2.45, 2.75) is 13.0 Å². The van der Waals surface area contributed by atoms with E-state index in [1.54, 1.807) is 24.3 Å². The fourth-order valence-electron chi connectivity index (χ4n) is 1.71. The van der Waals surface area contributed by atoms with Gasteiger partial charge in [0.15, 0.2) is 5.78 Å². The van der Waals surface area contributed by atoms with E-state index >= 15 is 0 Å². The van der Waals surface area contributed by atoms with Crippen LogP contribution in [0.1, 0.15) is 17.3 Å². The van der Waals surface area contributed by atoms with E-state index in [-0.39, 0.29) is 17.6 Å². The van der Waals surface area contributed by atoms with Crippen molar-refractivity contribution >= 4 is 35.0 Å². The first kappa shape index (κ1) is 13.6. The molecule has 6 heteroatoms. The van der Waals surface area contributed by atoms with E-state index < -0.39 is 6.04 Å². The van der Waals surface area contributed by atoms with Gasteiger partial charge < -0.3 is 10.6 Å². The highest BCUT2D eigenvalue weighted by atomic mass is 32.2. The Hall–Kier alpha value is -1.82. The summed E-state index contributed by atoms with van der Waals surface area (Å²) in [6.07, 6.45) is 0. The summed E-state index contributed by atoms with van der Waals surface area (Å²) in [6.45, 7) is 1.49. The smallest absolute Gasteiger partial charge is 0.247 e. The van der Waals surface area contributed by atoms with E-state index in [4.69, 9.17) is 0 Å². The number of carbonyl (C=O) groups excluding carboxylic acids is 3. The van der Waals surface area contributed by atoms with E-state index in [0.29, 0.717) is 22.8 Å². The lowest BCUT2D eigenvalue weighted by atomic mass is 10.1. The average Bonchev–Trinajstić information content (AvgIpc) is 2.39. The molecule has 1 aliphatic rings. The molecule has 1 atom stereocenters. The molecule has 1 aliphatic heterocycles. The number of Topliss-reactive ketones (excluding diaryl/α,β-unsaturated/α-hetero) is 1. The number of anilines is 1. The molecule has 1 saturated heterocycles. The average molecular weight is 278 g/mol. The molecule has 0 aromatic heterocycles. The third-order valence-electron chi connectivity index (χ3n) is 2.73. The summed E-state index contributed by atoms with van der Waals surface area (Å²) < 4.78 is 0. The van der Waals surface area contributed by atoms with E-state index in [2.05, 4.69) is 10.6 Å². The zero-order valence-electron chi connectivity index (χ0n) is 10.4. The minimum absolute atomic E-state index is 0.0196. The van der Waals surface area contributed by atoms with E-state index in [0.717, 1.165) is 0 Å². The Morgan fingerprint density at radius 2 is 2.00 bits per heavy atom. The number of carbonyl (C=O) groups is 3. The quantitative estimate of drug-likeness (QED) is 0.811. The molecule has 0 radical (unpaired) electrons. The Kier molecular flexibility index (Phi) is 4.21. The second-order valence-corrected chi connectivity index (χ2v) is 5.29. The van der Waals surface area contributed by atoms with Gasteiger partial charge >= 0.3 is 0 Å². The minimum atomic E-state index is -0.501. The molecule has 2 N–H and O–H groups in total. The molecule has 0 bridgehead atoms. The number of rotatable bonds is 3. The number of ketones is 1. The summed E-state index contributed by atoms with van der Waals surface area (Å²) in [6, 6.07) is 6.16. The fraction of sp³-hybridized carbons (Fsp3) is 0.308. The molecule has 0 saturated carbocycles. The molecule has 2 rings (SSSR count). The van der Waals surface area contributed by atoms with Crippen molar-refractivity contribution in [1.29, 1.82) is 0 Å². The van der Waals surface area contributed by atoms with Crippen LogP contribution in [-0.2, 0) is 9.59 Å². The second kappa shape index (κ2) is 5.88. The van der Waals surface area contributed by atoms with E-state index in [1.165, 1.54) is 18.7 Å². The second-order valence-electron chi connectivity index (χ2n) is 4.26. The van der Waals surface area contributed by atoms with Crippen LogP contribution in [-0.4, -0.2) is 35.1 Å². The predicted molar refractivity (Wildman–Crippen MR) is 74.3 cm³/mol. The molecule has 1 aromatic carbocycles. The van der Waals surface area contributed by atoms with Crippen LogP contribution in [0.5, 0.6) is 0 Å². The van der Waals surface area contributed by atoms with Gasteiger partial charge in [0, 0.05) is 17.0 Å². The Labute approximate surface area is 115 Å². The first-order valence-electron chi connectivity index (χ1n) is 5.85. The third kappa shape index (κ3) is 3.57. The van der Waals surface area contributed by atoms with Crippen molar-refractivity contribution in [2.75, 3.05) is 16.8 Å². The topological polar surface area (TPSA) is 75.3 Å². The van der Waals surface area contributed by atoms with Crippen LogP contribution < -0.4 is 10.6 Å². The highest BCUT2D eigenvalue weighted by Gasteiger charge is 2.24. The zero-order chi connectivity index (χ0) is 13.8. The van der Waals surface area contributed by atoms with Crippen molar-refractivity contribution in [2.24, 2.45) is 0 Å². The fourth-order valence-corrected chi connectivity index (χ4v) is 2.56. The van der Waals surface area contributed by atoms with Crippen molar-refractivity contribution in [1.82, 2.24) is 5.32 Å². The van der Waals surface area contributed by atoms with Crippen molar-refractivity contribution in [3.8, 4) is 0 Å². The van der Waals surface area contributed by atoms with Crippen LogP contribution in [0.4, 0.5) is 5.69 Å². The van der Waals surface area contributed by atoms with Crippen LogP contribution in [0.25, 0.3) is 0 Å². The van der Waals surface area contributed by atoms with Gasteiger partial charge in [-0.1, -0.05) is 0 Å². The van der Waals surface area contributed by atoms with E-state index in [1.807, 2.05) is 0 Å². The zero-order valence-corrected chi connectivity index (χ0v) is 11.3. The van der Waals surface area contributed by atoms with Gasteiger partial charge in [-0.25, -0.2) is 0 Å². The molecule has 1 fully saturated rings. The Bertz CT molecular complexity index is 513. The summed E-state index contributed by atoms with van der Waals surface area (Å²) in [7, 11) is 0. The van der Waals surface area contributed by atoms with Gasteiger partial charge in [0.1, 0.15) is 6.04 Å². The van der Waals surface area contributed by atoms with Crippen molar-refractivity contribution in [3.63, 3.8) is 0 Å². The maximum Gasteiger partial charge on any atom is 0.247 e. The minimum Gasteiger partial charge on any atom is -0.343 e. The summed E-state index contributed by atoms with van der Waals surface area (Å²) in [5, 5.41) is 5.36. The summed E-state index contributed by atoms with van der Waals surface area (Å²) in [4.78, 5) is 34.3. The number of nitrogens with one attached hydrogen (secondary N) is 2. The van der Waals surface area contributed by atoms with Crippen molar-refractivity contribution in [3.05, 3.63) is 29.8 Å². The van der Waals surface area contributed by atoms with Crippen LogP contribution in [0, 0.1) is 0 Å². The SMILES string of the molecule is CC(=O)c1ccc(NC(=O)C2CSCC(=O)N2)cc1. The maximum absolute atomic E-state index is 11.9. The Morgan fingerprint density at radius 3 is 2.58 bits per heavy atom. The number of hydrogen-bond acceptors (Lipinski definition) is 4. The lowest BCUT2D eigenvalue weighted by Gasteiger charge is -2.22. The number of benzene rings is 1. The molecule has 0 aliphatic carbocycles. The molecule has 19 heavy (non-hydrogen) atoms. The Balaban J connectivity index is 1.98. The lowest BCUT2D eigenvalue weighted by molar-refractivity contribution is -0.124. The molecular formula is C13H14N2O3S. The standard InChI is InChI=1S/C13H14N2O3S/c1-8(16)9-2-4-10(5-3-9)14-13(18)11-6-19-7-12(17)15-11/h2-5,11H,6-7H2,1H3,(H,14,18)(H,15,17). The molecule has 100 valence electrons. The molecule has 5 nitrogen and oxygen atoms in total. The van der Waals surface area contributed by atoms with Gasteiger partial charge in [-0.15, -0.1) is 11.8 Å². The summed E-state index contributed by atoms with van der Waals surface area (Å²) >= 11 is 1.44. The van der Waals surface area contributed by atoms with Gasteiger partial charge in [-0.3, -0.25) is 14.4 Å². The highest BCUT2D eigenvalue weighted by molar-refractivity contribution is 8.00. The van der Waals surface area contributed by atoms with Gasteiger partial charge in [-0.2, -0.15) is 0 Å². The molecule has 1 heterocycles. The van der Waals surface area contributed by atoms with Gasteiger partial charge in [0.2, 0.25) is 11.8 Å². The van der Waals surface area contributed by atoms with Gasteiger partial charge in [0.05, 0.1) is 5.75 Å². The van der Waals surface area contributed by atoms with E-state index in [9.17, 15) is 14.4 Å². The molecule has 0 spiro atoms. The van der Waals surface area contributed by atoms with Gasteiger partial charge in [0.25, 0.3) is 0 Å². The molecule has 2 amide bonds. The van der Waals surface area contributed by atoms with Crippen LogP contribution in [0.3, 0.4) is 0 Å². The highest BCUT2D eigenvalue weighted by Crippen LogP contribution is 2.13. The number of hydrogen-bond donors (Lipinski definition) is 2. The first-order valence-corrected chi connectivity index (χ1v) is 7.00. The summed E-state index contributed by atoms with van der Waals surface area (Å²) in [5.74, 6) is 0.591. The molecule has 1 aromatic rings. The van der Waals surface area contributed by atoms with Crippen LogP contribution in [0.2, 0.25) is 0 Å². The van der Waals surface area contributed by atoms with Crippen LogP contribution >= 0.6 is 11.8 Å². The monoisotopic (exact) mass is 278 g/mol. The largest absolute Gasteiger partial charge is 0.343 e. The molecule has 1 unspecified atom stereocenters.